The molecule has 0 aromatic rings. The Morgan fingerprint density at radius 1 is 1.06 bits per heavy atom. The van der Waals surface area contributed by atoms with Gasteiger partial charge in [0.25, 0.3) is 0 Å². The van der Waals surface area contributed by atoms with Gasteiger partial charge in [-0.3, -0.25) is 0 Å². The fraction of sp³-hybridized carbons (Fsp3) is 1.00. The molecule has 1 heteroatoms. The minimum atomic E-state index is 0.803. The van der Waals surface area contributed by atoms with E-state index in [2.05, 4.69) is 19.2 Å². The first-order chi connectivity index (χ1) is 7.86. The third-order valence-corrected chi connectivity index (χ3v) is 4.05. The van der Waals surface area contributed by atoms with E-state index in [0.29, 0.717) is 0 Å². The number of nitrogens with one attached hydrogen (secondary N) is 1. The van der Waals surface area contributed by atoms with E-state index >= 15 is 0 Å². The summed E-state index contributed by atoms with van der Waals surface area (Å²) in [5, 5.41) is 3.67. The molecule has 0 saturated heterocycles. The minimum absolute atomic E-state index is 0.803. The molecule has 0 aliphatic heterocycles. The van der Waals surface area contributed by atoms with Gasteiger partial charge in [-0.15, -0.1) is 0 Å². The third kappa shape index (κ3) is 5.89. The highest BCUT2D eigenvalue weighted by Gasteiger charge is 2.16. The van der Waals surface area contributed by atoms with Gasteiger partial charge in [0.15, 0.2) is 0 Å². The highest BCUT2D eigenvalue weighted by atomic mass is 14.9. The van der Waals surface area contributed by atoms with Crippen molar-refractivity contribution < 1.29 is 0 Å². The summed E-state index contributed by atoms with van der Waals surface area (Å²) in [6, 6.07) is 0.803. The van der Waals surface area contributed by atoms with Crippen molar-refractivity contribution in [1.82, 2.24) is 5.32 Å². The lowest BCUT2D eigenvalue weighted by molar-refractivity contribution is 0.385. The standard InChI is InChI=1S/C15H31N/c1-3-5-6-11-15(16-4-2)13-12-14-9-7-8-10-14/h14-16H,3-13H2,1-2H3. The van der Waals surface area contributed by atoms with Gasteiger partial charge in [0.1, 0.15) is 0 Å². The van der Waals surface area contributed by atoms with Gasteiger partial charge in [-0.2, -0.15) is 0 Å². The lowest BCUT2D eigenvalue weighted by atomic mass is 9.96. The lowest BCUT2D eigenvalue weighted by Gasteiger charge is -2.19. The highest BCUT2D eigenvalue weighted by molar-refractivity contribution is 4.72. The lowest BCUT2D eigenvalue weighted by Crippen LogP contribution is -2.29. The van der Waals surface area contributed by atoms with Crippen molar-refractivity contribution >= 4 is 0 Å². The van der Waals surface area contributed by atoms with Crippen molar-refractivity contribution in [2.75, 3.05) is 6.54 Å². The second kappa shape index (κ2) is 9.04. The smallest absolute Gasteiger partial charge is 0.00670 e. The number of hydrogen-bond donors (Lipinski definition) is 1. The normalized spacial score (nSPS) is 19.1. The molecule has 16 heavy (non-hydrogen) atoms. The molecule has 0 bridgehead atoms. The van der Waals surface area contributed by atoms with Gasteiger partial charge in [-0.1, -0.05) is 58.8 Å². The summed E-state index contributed by atoms with van der Waals surface area (Å²) in [7, 11) is 0. The fourth-order valence-electron chi connectivity index (χ4n) is 3.01. The quantitative estimate of drug-likeness (QED) is 0.569. The Morgan fingerprint density at radius 3 is 2.44 bits per heavy atom. The molecule has 1 N–H and O–H groups in total. The number of rotatable bonds is 9. The summed E-state index contributed by atoms with van der Waals surface area (Å²) in [6.07, 6.45) is 14.5. The van der Waals surface area contributed by atoms with Crippen molar-refractivity contribution in [3.05, 3.63) is 0 Å². The zero-order valence-corrected chi connectivity index (χ0v) is 11.4. The van der Waals surface area contributed by atoms with Crippen LogP contribution < -0.4 is 5.32 Å². The molecule has 1 fully saturated rings. The van der Waals surface area contributed by atoms with Gasteiger partial charge in [0.2, 0.25) is 0 Å². The summed E-state index contributed by atoms with van der Waals surface area (Å²) in [5.41, 5.74) is 0. The van der Waals surface area contributed by atoms with Crippen molar-refractivity contribution in [1.29, 1.82) is 0 Å². The minimum Gasteiger partial charge on any atom is -0.314 e. The molecule has 1 unspecified atom stereocenters. The molecule has 0 amide bonds. The van der Waals surface area contributed by atoms with Crippen LogP contribution in [0, 0.1) is 5.92 Å². The van der Waals surface area contributed by atoms with Gasteiger partial charge in [0, 0.05) is 6.04 Å². The molecular formula is C15H31N. The maximum absolute atomic E-state index is 3.67. The van der Waals surface area contributed by atoms with Crippen LogP contribution in [0.3, 0.4) is 0 Å². The average molecular weight is 225 g/mol. The number of unbranched alkanes of at least 4 members (excludes halogenated alkanes) is 2. The highest BCUT2D eigenvalue weighted by Crippen LogP contribution is 2.29. The van der Waals surface area contributed by atoms with Crippen LogP contribution >= 0.6 is 0 Å². The first-order valence-corrected chi connectivity index (χ1v) is 7.60. The predicted octanol–water partition coefficient (Wildman–Crippen LogP) is 4.52. The Hall–Kier alpha value is -0.0400. The molecule has 1 aliphatic rings. The molecule has 1 aliphatic carbocycles. The molecular weight excluding hydrogens is 194 g/mol. The van der Waals surface area contributed by atoms with E-state index in [1.807, 2.05) is 0 Å². The van der Waals surface area contributed by atoms with Gasteiger partial charge in [-0.05, 0) is 31.7 Å². The van der Waals surface area contributed by atoms with Crippen molar-refractivity contribution in [2.24, 2.45) is 5.92 Å². The maximum atomic E-state index is 3.67. The van der Waals surface area contributed by atoms with Crippen LogP contribution in [0.25, 0.3) is 0 Å². The van der Waals surface area contributed by atoms with Crippen LogP contribution in [0.4, 0.5) is 0 Å². The molecule has 0 spiro atoms. The Bertz CT molecular complexity index is 150. The van der Waals surface area contributed by atoms with Crippen LogP contribution in [-0.4, -0.2) is 12.6 Å². The molecule has 1 saturated carbocycles. The SMILES string of the molecule is CCCCCC(CCC1CCCC1)NCC. The van der Waals surface area contributed by atoms with E-state index in [9.17, 15) is 0 Å². The van der Waals surface area contributed by atoms with E-state index in [4.69, 9.17) is 0 Å². The van der Waals surface area contributed by atoms with E-state index in [-0.39, 0.29) is 0 Å². The molecule has 0 radical (unpaired) electrons. The van der Waals surface area contributed by atoms with Crippen molar-refractivity contribution in [3.8, 4) is 0 Å². The second-order valence-corrected chi connectivity index (χ2v) is 5.48. The number of hydrogen-bond acceptors (Lipinski definition) is 1. The van der Waals surface area contributed by atoms with E-state index in [1.54, 1.807) is 0 Å². The Balaban J connectivity index is 2.10. The second-order valence-electron chi connectivity index (χ2n) is 5.48. The van der Waals surface area contributed by atoms with Crippen LogP contribution in [0.2, 0.25) is 0 Å². The molecule has 1 atom stereocenters. The molecule has 96 valence electrons. The summed E-state index contributed by atoms with van der Waals surface area (Å²) < 4.78 is 0. The predicted molar refractivity (Wildman–Crippen MR) is 72.8 cm³/mol. The van der Waals surface area contributed by atoms with Gasteiger partial charge in [0.05, 0.1) is 0 Å². The summed E-state index contributed by atoms with van der Waals surface area (Å²) in [6.45, 7) is 5.67. The topological polar surface area (TPSA) is 12.0 Å². The Morgan fingerprint density at radius 2 is 1.81 bits per heavy atom. The monoisotopic (exact) mass is 225 g/mol. The van der Waals surface area contributed by atoms with Gasteiger partial charge < -0.3 is 5.32 Å². The first kappa shape index (κ1) is 14.0. The molecule has 1 rings (SSSR count). The molecule has 0 heterocycles. The molecule has 0 aromatic carbocycles. The van der Waals surface area contributed by atoms with Gasteiger partial charge in [-0.25, -0.2) is 0 Å². The summed E-state index contributed by atoms with van der Waals surface area (Å²) >= 11 is 0. The Kier molecular flexibility index (Phi) is 7.92. The summed E-state index contributed by atoms with van der Waals surface area (Å²) in [5.74, 6) is 1.06. The maximum Gasteiger partial charge on any atom is 0.00670 e. The third-order valence-electron chi connectivity index (χ3n) is 4.05. The van der Waals surface area contributed by atoms with E-state index in [0.717, 1.165) is 18.5 Å². The first-order valence-electron chi connectivity index (χ1n) is 7.60. The van der Waals surface area contributed by atoms with Crippen LogP contribution in [0.15, 0.2) is 0 Å². The van der Waals surface area contributed by atoms with Gasteiger partial charge >= 0.3 is 0 Å². The Labute approximate surface area is 102 Å². The van der Waals surface area contributed by atoms with Crippen molar-refractivity contribution in [3.63, 3.8) is 0 Å². The largest absolute Gasteiger partial charge is 0.314 e. The molecule has 1 nitrogen and oxygen atoms in total. The fourth-order valence-corrected chi connectivity index (χ4v) is 3.01. The average Bonchev–Trinajstić information content (AvgIpc) is 2.79. The molecule has 0 aromatic heterocycles. The van der Waals surface area contributed by atoms with E-state index in [1.165, 1.54) is 64.2 Å². The summed E-state index contributed by atoms with van der Waals surface area (Å²) in [4.78, 5) is 0. The zero-order chi connectivity index (χ0) is 11.6. The van der Waals surface area contributed by atoms with Crippen LogP contribution in [0.1, 0.15) is 78.1 Å². The van der Waals surface area contributed by atoms with Crippen LogP contribution in [-0.2, 0) is 0 Å². The van der Waals surface area contributed by atoms with Crippen LogP contribution in [0.5, 0.6) is 0 Å². The van der Waals surface area contributed by atoms with Crippen molar-refractivity contribution in [2.45, 2.75) is 84.1 Å². The zero-order valence-electron chi connectivity index (χ0n) is 11.4. The van der Waals surface area contributed by atoms with E-state index < -0.39 is 0 Å².